The Balaban J connectivity index is 1.24. The highest BCUT2D eigenvalue weighted by molar-refractivity contribution is 6.31. The van der Waals surface area contributed by atoms with Crippen molar-refractivity contribution in [3.63, 3.8) is 0 Å². The molecule has 2 aromatic rings. The second-order valence-corrected chi connectivity index (χ2v) is 8.39. The quantitative estimate of drug-likeness (QED) is 0.752. The molecule has 2 saturated carbocycles. The van der Waals surface area contributed by atoms with Crippen LogP contribution in [0.1, 0.15) is 23.2 Å². The maximum Gasteiger partial charge on any atom is 0.310 e. The molecular weight excluding hydrogens is 392 g/mol. The minimum absolute atomic E-state index is 0.0128. The molecule has 0 unspecified atom stereocenters. The summed E-state index contributed by atoms with van der Waals surface area (Å²) >= 11 is 5.93. The molecule has 0 radical (unpaired) electrons. The van der Waals surface area contributed by atoms with E-state index in [0.29, 0.717) is 22.0 Å². The molecule has 5 rings (SSSR count). The van der Waals surface area contributed by atoms with Crippen LogP contribution in [-0.4, -0.2) is 23.9 Å². The average molecular weight is 411 g/mol. The molecular formula is C22H19ClN2O4. The van der Waals surface area contributed by atoms with Crippen molar-refractivity contribution in [2.45, 2.75) is 18.9 Å². The summed E-state index contributed by atoms with van der Waals surface area (Å²) in [6.07, 6.45) is 1.69. The zero-order valence-corrected chi connectivity index (χ0v) is 16.2. The van der Waals surface area contributed by atoms with Gasteiger partial charge in [-0.1, -0.05) is 17.7 Å². The highest BCUT2D eigenvalue weighted by Gasteiger charge is 2.63. The van der Waals surface area contributed by atoms with Gasteiger partial charge < -0.3 is 15.4 Å². The van der Waals surface area contributed by atoms with Crippen molar-refractivity contribution in [2.75, 3.05) is 10.6 Å². The lowest BCUT2D eigenvalue weighted by Crippen LogP contribution is -2.35. The van der Waals surface area contributed by atoms with E-state index in [1.54, 1.807) is 48.5 Å². The molecule has 3 aliphatic rings. The number of benzene rings is 2. The molecule has 2 N–H and O–H groups in total. The molecule has 29 heavy (non-hydrogen) atoms. The molecule has 0 spiro atoms. The van der Waals surface area contributed by atoms with E-state index in [4.69, 9.17) is 16.3 Å². The van der Waals surface area contributed by atoms with Crippen LogP contribution in [0.4, 0.5) is 11.4 Å². The van der Waals surface area contributed by atoms with Crippen LogP contribution in [0.15, 0.2) is 48.5 Å². The molecule has 2 aliphatic carbocycles. The molecule has 1 aliphatic heterocycles. The topological polar surface area (TPSA) is 84.5 Å². The number of ether oxygens (including phenoxy) is 1. The van der Waals surface area contributed by atoms with Gasteiger partial charge in [0, 0.05) is 27.9 Å². The summed E-state index contributed by atoms with van der Waals surface area (Å²) in [5.41, 5.74) is 1.67. The predicted octanol–water partition coefficient (Wildman–Crippen LogP) is 3.73. The number of fused-ring (bicyclic) bond motifs is 1. The maximum absolute atomic E-state index is 12.8. The van der Waals surface area contributed by atoms with Gasteiger partial charge in [0.05, 0.1) is 11.8 Å². The molecule has 7 heteroatoms. The van der Waals surface area contributed by atoms with Crippen molar-refractivity contribution in [3.8, 4) is 0 Å². The first-order chi connectivity index (χ1) is 14.0. The zero-order valence-electron chi connectivity index (χ0n) is 15.4. The van der Waals surface area contributed by atoms with Gasteiger partial charge in [-0.3, -0.25) is 14.4 Å². The number of rotatable bonds is 4. The fourth-order valence-electron chi connectivity index (χ4n) is 5.06. The molecule has 1 saturated heterocycles. The Labute approximate surface area is 172 Å². The molecule has 2 amide bonds. The lowest BCUT2D eigenvalue weighted by atomic mass is 9.79. The molecule has 1 heterocycles. The van der Waals surface area contributed by atoms with Gasteiger partial charge in [0.15, 0.2) is 0 Å². The Hall–Kier alpha value is -2.86. The maximum atomic E-state index is 12.8. The number of esters is 1. The first-order valence-corrected chi connectivity index (χ1v) is 10.1. The Bertz CT molecular complexity index is 1000. The van der Waals surface area contributed by atoms with E-state index in [2.05, 4.69) is 10.6 Å². The van der Waals surface area contributed by atoms with Crippen molar-refractivity contribution in [1.29, 1.82) is 0 Å². The fraction of sp³-hybridized carbons (Fsp3) is 0.318. The molecule has 6 nitrogen and oxygen atoms in total. The Morgan fingerprint density at radius 3 is 2.55 bits per heavy atom. The number of nitrogens with one attached hydrogen (secondary N) is 2. The summed E-state index contributed by atoms with van der Waals surface area (Å²) in [7, 11) is 0. The monoisotopic (exact) mass is 410 g/mol. The number of halogens is 1. The van der Waals surface area contributed by atoms with Gasteiger partial charge in [-0.15, -0.1) is 0 Å². The van der Waals surface area contributed by atoms with Gasteiger partial charge in [0.1, 0.15) is 6.10 Å². The van der Waals surface area contributed by atoms with E-state index in [1.807, 2.05) is 0 Å². The van der Waals surface area contributed by atoms with Crippen LogP contribution in [0.2, 0.25) is 5.02 Å². The number of carbonyl (C=O) groups excluding carboxylic acids is 3. The first-order valence-electron chi connectivity index (χ1n) is 9.68. The third kappa shape index (κ3) is 3.17. The SMILES string of the molecule is O=C(Nc1cccc(Cl)c1)c1ccc(NC(=O)[C@@H]2[C@@H]3C[C@@H]4[C@H]2C(=O)O[C@H]4C3)cc1. The van der Waals surface area contributed by atoms with E-state index in [0.717, 1.165) is 12.8 Å². The van der Waals surface area contributed by atoms with E-state index in [1.165, 1.54) is 0 Å². The standard InChI is InChI=1S/C22H19ClN2O4/c23-13-2-1-3-15(10-13)25-20(26)11-4-6-14(7-5-11)24-21(27)18-12-8-16-17(9-12)29-22(28)19(16)18/h1-7,10,12,16-19H,8-9H2,(H,24,27)(H,25,26)/t12-,16+,17+,18-,19-/m1/s1. The Morgan fingerprint density at radius 1 is 1.00 bits per heavy atom. The van der Waals surface area contributed by atoms with Crippen molar-refractivity contribution in [1.82, 2.24) is 0 Å². The van der Waals surface area contributed by atoms with E-state index in [-0.39, 0.29) is 47.6 Å². The lowest BCUT2D eigenvalue weighted by Gasteiger charge is -2.23. The highest BCUT2D eigenvalue weighted by atomic mass is 35.5. The minimum Gasteiger partial charge on any atom is -0.462 e. The summed E-state index contributed by atoms with van der Waals surface area (Å²) in [4.78, 5) is 37.3. The first kappa shape index (κ1) is 18.2. The van der Waals surface area contributed by atoms with Gasteiger partial charge in [-0.05, 0) is 61.2 Å². The van der Waals surface area contributed by atoms with E-state index < -0.39 is 0 Å². The third-order valence-electron chi connectivity index (χ3n) is 6.28. The van der Waals surface area contributed by atoms with Crippen LogP contribution >= 0.6 is 11.6 Å². The number of carbonyl (C=O) groups is 3. The normalized spacial score (nSPS) is 28.9. The second-order valence-electron chi connectivity index (χ2n) is 7.95. The summed E-state index contributed by atoms with van der Waals surface area (Å²) in [6.45, 7) is 0. The fourth-order valence-corrected chi connectivity index (χ4v) is 5.25. The minimum atomic E-state index is -0.322. The van der Waals surface area contributed by atoms with Gasteiger partial charge in [0.25, 0.3) is 5.91 Å². The van der Waals surface area contributed by atoms with Gasteiger partial charge >= 0.3 is 5.97 Å². The molecule has 3 fully saturated rings. The number of amides is 2. The van der Waals surface area contributed by atoms with Gasteiger partial charge in [-0.25, -0.2) is 0 Å². The van der Waals surface area contributed by atoms with Crippen molar-refractivity contribution in [3.05, 3.63) is 59.1 Å². The third-order valence-corrected chi connectivity index (χ3v) is 6.52. The Morgan fingerprint density at radius 2 is 1.79 bits per heavy atom. The molecule has 148 valence electrons. The number of hydrogen-bond acceptors (Lipinski definition) is 4. The molecule has 5 atom stereocenters. The second kappa shape index (κ2) is 6.88. The summed E-state index contributed by atoms with van der Waals surface area (Å²) in [5, 5.41) is 6.22. The Kier molecular flexibility index (Phi) is 4.32. The van der Waals surface area contributed by atoms with Crippen molar-refractivity contribution < 1.29 is 19.1 Å². The molecule has 2 bridgehead atoms. The van der Waals surface area contributed by atoms with Crippen LogP contribution in [0, 0.1) is 23.7 Å². The highest BCUT2D eigenvalue weighted by Crippen LogP contribution is 2.57. The van der Waals surface area contributed by atoms with E-state index in [9.17, 15) is 14.4 Å². The summed E-state index contributed by atoms with van der Waals surface area (Å²) in [5.74, 6) is -0.856. The average Bonchev–Trinajstić information content (AvgIpc) is 3.31. The summed E-state index contributed by atoms with van der Waals surface area (Å²) in [6, 6.07) is 13.6. The lowest BCUT2D eigenvalue weighted by molar-refractivity contribution is -0.145. The van der Waals surface area contributed by atoms with Crippen molar-refractivity contribution in [2.24, 2.45) is 23.7 Å². The molecule has 0 aromatic heterocycles. The predicted molar refractivity (Wildman–Crippen MR) is 108 cm³/mol. The smallest absolute Gasteiger partial charge is 0.310 e. The van der Waals surface area contributed by atoms with Crippen LogP contribution in [-0.2, 0) is 14.3 Å². The van der Waals surface area contributed by atoms with Crippen LogP contribution in [0.3, 0.4) is 0 Å². The zero-order chi connectivity index (χ0) is 20.1. The van der Waals surface area contributed by atoms with E-state index >= 15 is 0 Å². The van der Waals surface area contributed by atoms with Gasteiger partial charge in [0.2, 0.25) is 5.91 Å². The van der Waals surface area contributed by atoms with Crippen molar-refractivity contribution >= 4 is 40.8 Å². The molecule has 2 aromatic carbocycles. The largest absolute Gasteiger partial charge is 0.462 e. The van der Waals surface area contributed by atoms with Crippen LogP contribution < -0.4 is 10.6 Å². The number of hydrogen-bond donors (Lipinski definition) is 2. The van der Waals surface area contributed by atoms with Crippen LogP contribution in [0.5, 0.6) is 0 Å². The van der Waals surface area contributed by atoms with Crippen LogP contribution in [0.25, 0.3) is 0 Å². The number of anilines is 2. The van der Waals surface area contributed by atoms with Gasteiger partial charge in [-0.2, -0.15) is 0 Å². The summed E-state index contributed by atoms with van der Waals surface area (Å²) < 4.78 is 5.40.